The Hall–Kier alpha value is -1.90. The van der Waals surface area contributed by atoms with E-state index in [1.54, 1.807) is 0 Å². The Morgan fingerprint density at radius 3 is 1.41 bits per heavy atom. The van der Waals surface area contributed by atoms with Crippen molar-refractivity contribution in [1.82, 2.24) is 0 Å². The number of carbonyl (C=O) groups excluding carboxylic acids is 2. The molecule has 0 aliphatic carbocycles. The normalized spacial score (nSPS) is 13.4. The maximum atomic E-state index is 12.6. The predicted molar refractivity (Wildman–Crippen MR) is 115 cm³/mol. The number of carbonyl (C=O) groups is 2. The second-order valence-electron chi connectivity index (χ2n) is 7.05. The molecule has 156 valence electrons. The van der Waals surface area contributed by atoms with Crippen LogP contribution in [0.2, 0.25) is 8.87 Å². The Kier molecular flexibility index (Phi) is 9.13. The Morgan fingerprint density at radius 1 is 0.759 bits per heavy atom. The van der Waals surface area contributed by atoms with E-state index in [0.717, 1.165) is 11.1 Å². The van der Waals surface area contributed by atoms with Crippen molar-refractivity contribution >= 4 is 31.1 Å². The van der Waals surface area contributed by atoms with E-state index in [0.29, 0.717) is 21.7 Å². The first kappa shape index (κ1) is 23.4. The van der Waals surface area contributed by atoms with Crippen LogP contribution in [0.5, 0.6) is 0 Å². The summed E-state index contributed by atoms with van der Waals surface area (Å²) in [5.41, 5.74) is 14.0. The van der Waals surface area contributed by atoms with E-state index in [-0.39, 0.29) is 0 Å². The average molecular weight is 505 g/mol. The monoisotopic (exact) mass is 506 g/mol. The van der Waals surface area contributed by atoms with Gasteiger partial charge in [0.25, 0.3) is 0 Å². The summed E-state index contributed by atoms with van der Waals surface area (Å²) in [6.07, 6.45) is 0.743. The summed E-state index contributed by atoms with van der Waals surface area (Å²) < 4.78 is 12.6. The van der Waals surface area contributed by atoms with Crippen LogP contribution in [0.25, 0.3) is 0 Å². The van der Waals surface area contributed by atoms with Crippen molar-refractivity contribution in [3.05, 3.63) is 71.8 Å². The van der Waals surface area contributed by atoms with Gasteiger partial charge in [0.2, 0.25) is 0 Å². The van der Waals surface area contributed by atoms with Crippen molar-refractivity contribution in [2.45, 2.75) is 47.6 Å². The van der Waals surface area contributed by atoms with E-state index in [1.165, 1.54) is 0 Å². The fraction of sp³-hybridized carbons (Fsp3) is 0.364. The molecule has 0 heterocycles. The topological polar surface area (TPSA) is 105 Å². The van der Waals surface area contributed by atoms with Crippen molar-refractivity contribution in [3.8, 4) is 0 Å². The molecule has 0 aliphatic heterocycles. The molecular formula is C22H30N2O4Sn. The summed E-state index contributed by atoms with van der Waals surface area (Å²) in [5, 5.41) is 0. The number of rotatable bonds is 10. The third-order valence-corrected chi connectivity index (χ3v) is 14.3. The molecule has 2 atom stereocenters. The molecular weight excluding hydrogens is 475 g/mol. The van der Waals surface area contributed by atoms with E-state index < -0.39 is 43.2 Å². The molecule has 0 amide bonds. The molecule has 0 fully saturated rings. The average Bonchev–Trinajstić information content (AvgIpc) is 2.74. The van der Waals surface area contributed by atoms with Crippen LogP contribution in [-0.2, 0) is 28.6 Å². The van der Waals surface area contributed by atoms with Crippen molar-refractivity contribution in [3.63, 3.8) is 0 Å². The van der Waals surface area contributed by atoms with Crippen LogP contribution < -0.4 is 11.5 Å². The minimum atomic E-state index is -3.96. The van der Waals surface area contributed by atoms with Gasteiger partial charge in [-0.25, -0.2) is 0 Å². The first-order valence-corrected chi connectivity index (χ1v) is 16.3. The first-order chi connectivity index (χ1) is 13.9. The van der Waals surface area contributed by atoms with Gasteiger partial charge in [0.05, 0.1) is 0 Å². The van der Waals surface area contributed by atoms with Gasteiger partial charge in [-0.2, -0.15) is 0 Å². The summed E-state index contributed by atoms with van der Waals surface area (Å²) in [6, 6.07) is 17.4. The third-order valence-electron chi connectivity index (χ3n) is 4.85. The van der Waals surface area contributed by atoms with Crippen molar-refractivity contribution in [1.29, 1.82) is 0 Å². The van der Waals surface area contributed by atoms with Crippen molar-refractivity contribution < 1.29 is 15.7 Å². The molecule has 0 bridgehead atoms. The molecule has 2 aromatic rings. The van der Waals surface area contributed by atoms with Crippen LogP contribution in [0, 0.1) is 0 Å². The van der Waals surface area contributed by atoms with E-state index in [4.69, 9.17) is 17.6 Å². The SMILES string of the molecule is C[CH2][Sn]([CH2]C)([O]C(=O)C(N)Cc1ccccc1)[O]C(=O)C(N)Cc1ccccc1. The van der Waals surface area contributed by atoms with Gasteiger partial charge in [0, 0.05) is 0 Å². The van der Waals surface area contributed by atoms with Gasteiger partial charge in [0.15, 0.2) is 0 Å². The van der Waals surface area contributed by atoms with Gasteiger partial charge in [0.1, 0.15) is 0 Å². The molecule has 0 radical (unpaired) electrons. The Morgan fingerprint density at radius 2 is 1.10 bits per heavy atom. The van der Waals surface area contributed by atoms with Crippen LogP contribution >= 0.6 is 0 Å². The molecule has 7 heteroatoms. The summed E-state index contributed by atoms with van der Waals surface area (Å²) in [4.78, 5) is 25.2. The zero-order valence-corrected chi connectivity index (χ0v) is 19.9. The zero-order chi connectivity index (χ0) is 21.3. The Labute approximate surface area is 177 Å². The minimum absolute atomic E-state index is 0.372. The molecule has 2 unspecified atom stereocenters. The fourth-order valence-corrected chi connectivity index (χ4v) is 9.13. The molecule has 0 saturated heterocycles. The van der Waals surface area contributed by atoms with Crippen LogP contribution in [-0.4, -0.2) is 43.2 Å². The van der Waals surface area contributed by atoms with Gasteiger partial charge in [-0.3, -0.25) is 0 Å². The van der Waals surface area contributed by atoms with Gasteiger partial charge < -0.3 is 0 Å². The van der Waals surface area contributed by atoms with Crippen molar-refractivity contribution in [2.75, 3.05) is 0 Å². The second-order valence-corrected chi connectivity index (χ2v) is 17.5. The summed E-state index contributed by atoms with van der Waals surface area (Å²) in [5.74, 6) is -1.03. The molecule has 0 spiro atoms. The van der Waals surface area contributed by atoms with E-state index in [2.05, 4.69) is 0 Å². The fourth-order valence-electron chi connectivity index (χ4n) is 2.98. The predicted octanol–water partition coefficient (Wildman–Crippen LogP) is 2.69. The molecule has 2 aromatic carbocycles. The number of benzene rings is 2. The summed E-state index contributed by atoms with van der Waals surface area (Å²) in [7, 11) is 0. The quantitative estimate of drug-likeness (QED) is 0.482. The van der Waals surface area contributed by atoms with Gasteiger partial charge in [-0.05, 0) is 0 Å². The molecule has 0 saturated carbocycles. The maximum absolute atomic E-state index is 12.6. The number of hydrogen-bond donors (Lipinski definition) is 2. The summed E-state index contributed by atoms with van der Waals surface area (Å²) >= 11 is -3.96. The standard InChI is InChI=1S/2C9H11NO2.2C2H5.Sn/c2*10-8(9(11)12)6-7-4-2-1-3-5-7;2*1-2;/h2*1-5,8H,6,10H2,(H,11,12);2*1H2,2H3;/q;;;;+2/p-2. The molecule has 6 nitrogen and oxygen atoms in total. The van der Waals surface area contributed by atoms with E-state index >= 15 is 0 Å². The van der Waals surface area contributed by atoms with Crippen LogP contribution in [0.3, 0.4) is 0 Å². The Balaban J connectivity index is 1.99. The number of hydrogen-bond acceptors (Lipinski definition) is 6. The molecule has 29 heavy (non-hydrogen) atoms. The van der Waals surface area contributed by atoms with E-state index in [1.807, 2.05) is 74.5 Å². The van der Waals surface area contributed by atoms with Crippen LogP contribution in [0.15, 0.2) is 60.7 Å². The first-order valence-electron chi connectivity index (χ1n) is 9.94. The van der Waals surface area contributed by atoms with Gasteiger partial charge in [-0.1, -0.05) is 0 Å². The van der Waals surface area contributed by atoms with E-state index in [9.17, 15) is 9.59 Å². The van der Waals surface area contributed by atoms with Gasteiger partial charge >= 0.3 is 178 Å². The summed E-state index contributed by atoms with van der Waals surface area (Å²) in [6.45, 7) is 3.76. The molecule has 4 N–H and O–H groups in total. The molecule has 0 aromatic heterocycles. The molecule has 0 aliphatic rings. The van der Waals surface area contributed by atoms with Gasteiger partial charge in [-0.15, -0.1) is 0 Å². The Bertz CT molecular complexity index is 718. The zero-order valence-electron chi connectivity index (χ0n) is 17.0. The van der Waals surface area contributed by atoms with Crippen LogP contribution in [0.4, 0.5) is 0 Å². The van der Waals surface area contributed by atoms with Crippen LogP contribution in [0.1, 0.15) is 25.0 Å². The molecule has 2 rings (SSSR count). The van der Waals surface area contributed by atoms with Crippen molar-refractivity contribution in [2.24, 2.45) is 11.5 Å². The second kappa shape index (κ2) is 11.3. The third kappa shape index (κ3) is 7.13. The number of nitrogens with two attached hydrogens (primary N) is 2.